The number of hydrogen-bond donors (Lipinski definition) is 3. The fraction of sp³-hybridized carbons (Fsp3) is 0.0476. The van der Waals surface area contributed by atoms with E-state index in [1.807, 2.05) is 18.2 Å². The van der Waals surface area contributed by atoms with Gasteiger partial charge in [0.1, 0.15) is 12.9 Å². The number of aromatic nitrogens is 3. The Morgan fingerprint density at radius 2 is 1.80 bits per heavy atom. The van der Waals surface area contributed by atoms with Crippen LogP contribution in [-0.4, -0.2) is 26.6 Å². The number of benzene rings is 2. The van der Waals surface area contributed by atoms with E-state index in [4.69, 9.17) is 10.2 Å². The maximum atomic E-state index is 12.7. The van der Waals surface area contributed by atoms with E-state index < -0.39 is 0 Å². The molecular formula is C21H18N6O3. The third-order valence-electron chi connectivity index (χ3n) is 4.24. The Hall–Kier alpha value is -4.40. The summed E-state index contributed by atoms with van der Waals surface area (Å²) >= 11 is 0. The number of nitrogens with two attached hydrogens (primary N) is 1. The molecule has 0 aliphatic rings. The largest absolute Gasteiger partial charge is 0.472 e. The molecule has 0 saturated heterocycles. The number of carbonyl (C=O) groups excluding carboxylic acids is 2. The second-order valence-corrected chi connectivity index (χ2v) is 6.48. The Morgan fingerprint density at radius 3 is 2.53 bits per heavy atom. The van der Waals surface area contributed by atoms with E-state index >= 15 is 0 Å². The predicted molar refractivity (Wildman–Crippen MR) is 112 cm³/mol. The molecule has 0 fully saturated rings. The molecule has 2 aromatic heterocycles. The second-order valence-electron chi connectivity index (χ2n) is 6.48. The van der Waals surface area contributed by atoms with Crippen LogP contribution >= 0.6 is 0 Å². The normalized spacial score (nSPS) is 10.5. The smallest absolute Gasteiger partial charge is 0.255 e. The van der Waals surface area contributed by atoms with Crippen LogP contribution in [0.3, 0.4) is 0 Å². The van der Waals surface area contributed by atoms with Crippen LogP contribution in [0.5, 0.6) is 0 Å². The van der Waals surface area contributed by atoms with Gasteiger partial charge in [-0.15, -0.1) is 5.10 Å². The third kappa shape index (κ3) is 4.53. The van der Waals surface area contributed by atoms with Crippen LogP contribution in [0, 0.1) is 0 Å². The summed E-state index contributed by atoms with van der Waals surface area (Å²) in [5, 5.41) is 9.46. The van der Waals surface area contributed by atoms with E-state index in [1.54, 1.807) is 48.9 Å². The van der Waals surface area contributed by atoms with Gasteiger partial charge in [0.2, 0.25) is 11.9 Å². The number of nitrogen functional groups attached to an aromatic ring is 1. The molecule has 0 atom stereocenters. The first-order valence-corrected chi connectivity index (χ1v) is 9.06. The van der Waals surface area contributed by atoms with E-state index in [0.717, 1.165) is 11.1 Å². The average molecular weight is 402 g/mol. The van der Waals surface area contributed by atoms with Crippen molar-refractivity contribution in [1.82, 2.24) is 14.8 Å². The van der Waals surface area contributed by atoms with Crippen LogP contribution in [-0.2, 0) is 11.3 Å². The summed E-state index contributed by atoms with van der Waals surface area (Å²) < 4.78 is 6.43. The van der Waals surface area contributed by atoms with Gasteiger partial charge in [-0.3, -0.25) is 9.59 Å². The van der Waals surface area contributed by atoms with Crippen molar-refractivity contribution in [3.8, 4) is 11.1 Å². The van der Waals surface area contributed by atoms with E-state index in [1.165, 1.54) is 11.0 Å². The highest BCUT2D eigenvalue weighted by atomic mass is 16.3. The molecule has 0 aliphatic carbocycles. The van der Waals surface area contributed by atoms with Crippen LogP contribution in [0.4, 0.5) is 17.3 Å². The van der Waals surface area contributed by atoms with Crippen molar-refractivity contribution in [2.24, 2.45) is 0 Å². The minimum Gasteiger partial charge on any atom is -0.472 e. The molecule has 0 saturated carbocycles. The second kappa shape index (κ2) is 8.31. The Kier molecular flexibility index (Phi) is 5.25. The molecule has 150 valence electrons. The summed E-state index contributed by atoms with van der Waals surface area (Å²) in [4.78, 5) is 28.6. The minimum absolute atomic E-state index is 0.0262. The molecule has 0 spiro atoms. The van der Waals surface area contributed by atoms with Gasteiger partial charge in [-0.2, -0.15) is 0 Å². The summed E-state index contributed by atoms with van der Waals surface area (Å²) in [7, 11) is 0. The number of rotatable bonds is 6. The Labute approximate surface area is 171 Å². The van der Waals surface area contributed by atoms with Gasteiger partial charge in [-0.1, -0.05) is 18.2 Å². The summed E-state index contributed by atoms with van der Waals surface area (Å²) in [6, 6.07) is 15.9. The van der Waals surface area contributed by atoms with E-state index in [-0.39, 0.29) is 24.3 Å². The number of furan rings is 1. The van der Waals surface area contributed by atoms with E-state index in [2.05, 4.69) is 20.7 Å². The molecule has 9 nitrogen and oxygen atoms in total. The molecule has 2 amide bonds. The van der Waals surface area contributed by atoms with Crippen LogP contribution in [0.15, 0.2) is 77.9 Å². The van der Waals surface area contributed by atoms with E-state index in [9.17, 15) is 9.59 Å². The SMILES string of the molecule is Nc1ncn(CC(=O)Nc2cccc(NC(=O)c3cccc(-c4ccoc4)c3)c2)n1. The van der Waals surface area contributed by atoms with Crippen LogP contribution in [0.1, 0.15) is 10.4 Å². The number of nitrogens with one attached hydrogen (secondary N) is 2. The van der Waals surface area contributed by atoms with Crippen molar-refractivity contribution in [2.45, 2.75) is 6.54 Å². The first kappa shape index (κ1) is 18.9. The van der Waals surface area contributed by atoms with Crippen molar-refractivity contribution in [1.29, 1.82) is 0 Å². The zero-order valence-corrected chi connectivity index (χ0v) is 15.8. The fourth-order valence-electron chi connectivity index (χ4n) is 2.88. The summed E-state index contributed by atoms with van der Waals surface area (Å²) in [5.41, 5.74) is 8.81. The van der Waals surface area contributed by atoms with E-state index in [0.29, 0.717) is 16.9 Å². The van der Waals surface area contributed by atoms with Gasteiger partial charge < -0.3 is 20.8 Å². The maximum Gasteiger partial charge on any atom is 0.255 e. The lowest BCUT2D eigenvalue weighted by Crippen LogP contribution is -2.19. The highest BCUT2D eigenvalue weighted by Crippen LogP contribution is 2.22. The highest BCUT2D eigenvalue weighted by molar-refractivity contribution is 6.05. The van der Waals surface area contributed by atoms with Crippen LogP contribution in [0.2, 0.25) is 0 Å². The van der Waals surface area contributed by atoms with Crippen molar-refractivity contribution < 1.29 is 14.0 Å². The first-order valence-electron chi connectivity index (χ1n) is 9.06. The molecule has 0 aliphatic heterocycles. The van der Waals surface area contributed by atoms with Gasteiger partial charge in [0.15, 0.2) is 0 Å². The number of hydrogen-bond acceptors (Lipinski definition) is 6. The molecule has 0 unspecified atom stereocenters. The summed E-state index contributed by atoms with van der Waals surface area (Å²) in [6.07, 6.45) is 4.58. The Morgan fingerprint density at radius 1 is 1.00 bits per heavy atom. The highest BCUT2D eigenvalue weighted by Gasteiger charge is 2.10. The monoisotopic (exact) mass is 402 g/mol. The number of amides is 2. The minimum atomic E-state index is -0.295. The lowest BCUT2D eigenvalue weighted by atomic mass is 10.1. The molecule has 4 rings (SSSR count). The average Bonchev–Trinajstić information content (AvgIpc) is 3.40. The van der Waals surface area contributed by atoms with Gasteiger partial charge in [-0.05, 0) is 42.0 Å². The number of nitrogens with zero attached hydrogens (tertiary/aromatic N) is 3. The Bertz CT molecular complexity index is 1180. The first-order chi connectivity index (χ1) is 14.6. The van der Waals surface area contributed by atoms with Crippen LogP contribution in [0.25, 0.3) is 11.1 Å². The number of carbonyl (C=O) groups is 2. The van der Waals surface area contributed by atoms with Crippen molar-refractivity contribution in [3.05, 3.63) is 79.0 Å². The molecule has 0 bridgehead atoms. The fourth-order valence-corrected chi connectivity index (χ4v) is 2.88. The van der Waals surface area contributed by atoms with Gasteiger partial charge in [-0.25, -0.2) is 9.67 Å². The zero-order valence-electron chi connectivity index (χ0n) is 15.8. The van der Waals surface area contributed by atoms with Gasteiger partial charge in [0, 0.05) is 22.5 Å². The maximum absolute atomic E-state index is 12.7. The molecule has 4 N–H and O–H groups in total. The Balaban J connectivity index is 1.42. The number of anilines is 3. The lowest BCUT2D eigenvalue weighted by molar-refractivity contribution is -0.116. The molecule has 30 heavy (non-hydrogen) atoms. The van der Waals surface area contributed by atoms with Crippen molar-refractivity contribution in [2.75, 3.05) is 16.4 Å². The van der Waals surface area contributed by atoms with Gasteiger partial charge in [0.25, 0.3) is 5.91 Å². The van der Waals surface area contributed by atoms with Gasteiger partial charge >= 0.3 is 0 Å². The van der Waals surface area contributed by atoms with Crippen molar-refractivity contribution >= 4 is 29.1 Å². The summed E-state index contributed by atoms with van der Waals surface area (Å²) in [6.45, 7) is -0.0262. The third-order valence-corrected chi connectivity index (χ3v) is 4.24. The van der Waals surface area contributed by atoms with Crippen molar-refractivity contribution in [3.63, 3.8) is 0 Å². The lowest BCUT2D eigenvalue weighted by Gasteiger charge is -2.09. The predicted octanol–water partition coefficient (Wildman–Crippen LogP) is 3.01. The molecule has 4 aromatic rings. The van der Waals surface area contributed by atoms with Gasteiger partial charge in [0.05, 0.1) is 12.5 Å². The zero-order chi connectivity index (χ0) is 20.9. The molecule has 2 aromatic carbocycles. The molecule has 9 heteroatoms. The van der Waals surface area contributed by atoms with Crippen LogP contribution < -0.4 is 16.4 Å². The molecular weight excluding hydrogens is 384 g/mol. The quantitative estimate of drug-likeness (QED) is 0.455. The molecule has 0 radical (unpaired) electrons. The summed E-state index contributed by atoms with van der Waals surface area (Å²) in [5.74, 6) is -0.456. The standard InChI is InChI=1S/C21H18N6O3/c22-21-23-13-27(26-21)11-19(28)24-17-5-2-6-18(10-17)25-20(29)15-4-1-3-14(9-15)16-7-8-30-12-16/h1-10,12-13H,11H2,(H2,22,26)(H,24,28)(H,25,29). The topological polar surface area (TPSA) is 128 Å². The molecule has 2 heterocycles.